The first kappa shape index (κ1) is 24.5. The van der Waals surface area contributed by atoms with Crippen LogP contribution < -0.4 is 5.32 Å². The molecule has 3 rings (SSSR count). The second kappa shape index (κ2) is 11.1. The Labute approximate surface area is 191 Å². The third-order valence-electron chi connectivity index (χ3n) is 6.52. The van der Waals surface area contributed by atoms with Gasteiger partial charge in [-0.25, -0.2) is 4.79 Å². The fourth-order valence-corrected chi connectivity index (χ4v) is 4.60. The third kappa shape index (κ3) is 5.79. The fraction of sp³-hybridized carbons (Fsp3) is 0.667. The lowest BCUT2D eigenvalue weighted by molar-refractivity contribution is -0.124. The van der Waals surface area contributed by atoms with E-state index >= 15 is 0 Å². The van der Waals surface area contributed by atoms with Crippen LogP contribution in [0.25, 0.3) is 0 Å². The molecule has 32 heavy (non-hydrogen) atoms. The number of rotatable bonds is 9. The van der Waals surface area contributed by atoms with E-state index in [0.29, 0.717) is 25.2 Å². The highest BCUT2D eigenvalue weighted by molar-refractivity contribution is 5.93. The minimum atomic E-state index is -0.0616. The molecule has 1 saturated carbocycles. The maximum Gasteiger partial charge on any atom is 0.317 e. The molecule has 0 radical (unpaired) electrons. The Hall–Kier alpha value is -2.16. The lowest BCUT2D eigenvalue weighted by Gasteiger charge is -2.55. The van der Waals surface area contributed by atoms with Crippen molar-refractivity contribution in [2.24, 2.45) is 0 Å². The highest BCUT2D eigenvalue weighted by atomic mass is 16.5. The highest BCUT2D eigenvalue weighted by Crippen LogP contribution is 2.40. The summed E-state index contributed by atoms with van der Waals surface area (Å²) in [6.45, 7) is 9.72. The van der Waals surface area contributed by atoms with Crippen molar-refractivity contribution in [1.29, 1.82) is 0 Å². The van der Waals surface area contributed by atoms with Crippen molar-refractivity contribution in [3.63, 3.8) is 0 Å². The Morgan fingerprint density at radius 3 is 2.38 bits per heavy atom. The average Bonchev–Trinajstić information content (AvgIpc) is 2.79. The number of carbonyl (C=O) groups excluding carboxylic acids is 2. The zero-order chi connectivity index (χ0) is 23.1. The molecular formula is C24H38N4O4. The lowest BCUT2D eigenvalue weighted by Crippen LogP contribution is -2.67. The van der Waals surface area contributed by atoms with Gasteiger partial charge in [-0.3, -0.25) is 9.69 Å². The first-order valence-electron chi connectivity index (χ1n) is 11.7. The molecule has 0 unspecified atom stereocenters. The summed E-state index contributed by atoms with van der Waals surface area (Å²) in [6.07, 6.45) is 2.15. The largest absolute Gasteiger partial charge is 0.379 e. The zero-order valence-corrected chi connectivity index (χ0v) is 19.9. The Balaban J connectivity index is 1.58. The van der Waals surface area contributed by atoms with E-state index in [1.54, 1.807) is 23.9 Å². The molecule has 0 aromatic heterocycles. The first-order valence-corrected chi connectivity index (χ1v) is 11.7. The maximum absolute atomic E-state index is 13.0. The summed E-state index contributed by atoms with van der Waals surface area (Å²) in [5.41, 5.74) is 1.60. The van der Waals surface area contributed by atoms with Gasteiger partial charge in [0, 0.05) is 64.5 Å². The Morgan fingerprint density at radius 1 is 1.16 bits per heavy atom. The molecule has 1 saturated heterocycles. The van der Waals surface area contributed by atoms with Crippen LogP contribution in [0.4, 0.5) is 4.79 Å². The molecule has 0 atom stereocenters. The summed E-state index contributed by atoms with van der Waals surface area (Å²) in [6, 6.07) is 7.41. The third-order valence-corrected chi connectivity index (χ3v) is 6.52. The minimum absolute atomic E-state index is 0.0269. The summed E-state index contributed by atoms with van der Waals surface area (Å²) >= 11 is 0. The van der Waals surface area contributed by atoms with E-state index in [4.69, 9.17) is 9.47 Å². The molecule has 1 N–H and O–H groups in total. The van der Waals surface area contributed by atoms with E-state index in [1.807, 2.05) is 38.1 Å². The first-order chi connectivity index (χ1) is 15.4. The number of benzene rings is 1. The monoisotopic (exact) mass is 446 g/mol. The number of hydrogen-bond acceptors (Lipinski definition) is 5. The fourth-order valence-electron chi connectivity index (χ4n) is 4.60. The van der Waals surface area contributed by atoms with Crippen molar-refractivity contribution in [2.45, 2.75) is 44.9 Å². The number of amides is 3. The Morgan fingerprint density at radius 2 is 1.81 bits per heavy atom. The van der Waals surface area contributed by atoms with Crippen LogP contribution in [-0.2, 0) is 16.0 Å². The van der Waals surface area contributed by atoms with Gasteiger partial charge in [0.15, 0.2) is 0 Å². The summed E-state index contributed by atoms with van der Waals surface area (Å²) in [7, 11) is 3.48. The van der Waals surface area contributed by atoms with Gasteiger partial charge >= 0.3 is 6.03 Å². The molecular weight excluding hydrogens is 408 g/mol. The van der Waals surface area contributed by atoms with E-state index in [9.17, 15) is 9.59 Å². The Bertz CT molecular complexity index is 756. The van der Waals surface area contributed by atoms with E-state index in [2.05, 4.69) is 10.2 Å². The lowest BCUT2D eigenvalue weighted by atomic mass is 9.72. The summed E-state index contributed by atoms with van der Waals surface area (Å²) in [4.78, 5) is 30.9. The van der Waals surface area contributed by atoms with Gasteiger partial charge in [0.25, 0.3) is 5.91 Å². The number of carbonyl (C=O) groups is 2. The SMILES string of the molecule is CCOC1CC(CNC(=O)N(CC)Cc2ccc(C(=O)N(C)C)cc2)(N2CCOCC2)C1. The minimum Gasteiger partial charge on any atom is -0.379 e. The molecule has 1 heterocycles. The van der Waals surface area contributed by atoms with Crippen LogP contribution in [0.15, 0.2) is 24.3 Å². The molecule has 178 valence electrons. The van der Waals surface area contributed by atoms with Crippen molar-refractivity contribution in [2.75, 3.05) is 60.1 Å². The van der Waals surface area contributed by atoms with Gasteiger partial charge in [-0.05, 0) is 44.4 Å². The molecule has 2 fully saturated rings. The molecule has 1 aromatic carbocycles. The molecule has 1 aromatic rings. The number of nitrogens with one attached hydrogen (secondary N) is 1. The predicted molar refractivity (Wildman–Crippen MR) is 124 cm³/mol. The normalized spacial score (nSPS) is 23.3. The van der Waals surface area contributed by atoms with E-state index in [0.717, 1.165) is 51.3 Å². The van der Waals surface area contributed by atoms with Crippen molar-refractivity contribution in [3.8, 4) is 0 Å². The van der Waals surface area contributed by atoms with Crippen molar-refractivity contribution < 1.29 is 19.1 Å². The van der Waals surface area contributed by atoms with Gasteiger partial charge in [0.1, 0.15) is 0 Å². The van der Waals surface area contributed by atoms with E-state index in [-0.39, 0.29) is 23.6 Å². The molecule has 1 aliphatic carbocycles. The number of ether oxygens (including phenoxy) is 2. The molecule has 1 aliphatic heterocycles. The highest BCUT2D eigenvalue weighted by Gasteiger charge is 2.49. The average molecular weight is 447 g/mol. The topological polar surface area (TPSA) is 74.4 Å². The summed E-state index contributed by atoms with van der Waals surface area (Å²) in [5, 5.41) is 3.19. The molecule has 0 bridgehead atoms. The van der Waals surface area contributed by atoms with Crippen LogP contribution >= 0.6 is 0 Å². The van der Waals surface area contributed by atoms with Gasteiger partial charge in [0.05, 0.1) is 19.3 Å². The molecule has 2 aliphatic rings. The predicted octanol–water partition coefficient (Wildman–Crippen LogP) is 2.19. The van der Waals surface area contributed by atoms with Crippen molar-refractivity contribution in [1.82, 2.24) is 20.0 Å². The van der Waals surface area contributed by atoms with Gasteiger partial charge in [-0.2, -0.15) is 0 Å². The molecule has 3 amide bonds. The van der Waals surface area contributed by atoms with Crippen molar-refractivity contribution in [3.05, 3.63) is 35.4 Å². The van der Waals surface area contributed by atoms with Crippen molar-refractivity contribution >= 4 is 11.9 Å². The van der Waals surface area contributed by atoms with Crippen LogP contribution in [0.1, 0.15) is 42.6 Å². The van der Waals surface area contributed by atoms with Gasteiger partial charge in [0.2, 0.25) is 0 Å². The van der Waals surface area contributed by atoms with Crippen LogP contribution in [0, 0.1) is 0 Å². The van der Waals surface area contributed by atoms with Gasteiger partial charge in [-0.15, -0.1) is 0 Å². The number of nitrogens with zero attached hydrogens (tertiary/aromatic N) is 3. The quantitative estimate of drug-likeness (QED) is 0.630. The number of hydrogen-bond donors (Lipinski definition) is 1. The summed E-state index contributed by atoms with van der Waals surface area (Å²) in [5.74, 6) is -0.0269. The zero-order valence-electron chi connectivity index (χ0n) is 19.9. The molecule has 8 heteroatoms. The number of urea groups is 1. The number of morpholine rings is 1. The second-order valence-electron chi connectivity index (χ2n) is 8.88. The Kier molecular flexibility index (Phi) is 8.51. The van der Waals surface area contributed by atoms with Crippen LogP contribution in [0.2, 0.25) is 0 Å². The van der Waals surface area contributed by atoms with Crippen LogP contribution in [0.3, 0.4) is 0 Å². The van der Waals surface area contributed by atoms with Gasteiger partial charge in [-0.1, -0.05) is 12.1 Å². The van der Waals surface area contributed by atoms with Crippen LogP contribution in [-0.4, -0.2) is 98.4 Å². The van der Waals surface area contributed by atoms with Crippen LogP contribution in [0.5, 0.6) is 0 Å². The maximum atomic E-state index is 13.0. The molecule has 8 nitrogen and oxygen atoms in total. The standard InChI is InChI=1S/C24H38N4O4/c1-5-27(17-19-7-9-20(10-8-19)22(29)26(3)4)23(30)25-18-24(15-21(16-24)32-6-2)28-11-13-31-14-12-28/h7-10,21H,5-6,11-18H2,1-4H3,(H,25,30). The second-order valence-corrected chi connectivity index (χ2v) is 8.88. The van der Waals surface area contributed by atoms with Gasteiger partial charge < -0.3 is 24.6 Å². The van der Waals surface area contributed by atoms with E-state index < -0.39 is 0 Å². The summed E-state index contributed by atoms with van der Waals surface area (Å²) < 4.78 is 11.3. The smallest absolute Gasteiger partial charge is 0.317 e. The van der Waals surface area contributed by atoms with E-state index in [1.165, 1.54) is 0 Å². The molecule has 0 spiro atoms.